The molecule has 1 aromatic rings. The van der Waals surface area contributed by atoms with Crippen molar-refractivity contribution in [1.82, 2.24) is 4.72 Å². The van der Waals surface area contributed by atoms with Crippen molar-refractivity contribution in [2.24, 2.45) is 5.92 Å². The SMILES string of the molecule is CC(C)(C)c1ccc(S(=O)(=O)NCC(CC(=O)O)C(=O)O)cc1. The van der Waals surface area contributed by atoms with Crippen LogP contribution in [0.2, 0.25) is 0 Å². The van der Waals surface area contributed by atoms with Gasteiger partial charge in [-0.1, -0.05) is 32.9 Å². The Kier molecular flexibility index (Phi) is 5.90. The third-order valence-electron chi connectivity index (χ3n) is 3.32. The molecule has 128 valence electrons. The van der Waals surface area contributed by atoms with Crippen LogP contribution in [0.3, 0.4) is 0 Å². The maximum Gasteiger partial charge on any atom is 0.308 e. The second kappa shape index (κ2) is 7.10. The molecule has 1 rings (SSSR count). The first-order valence-electron chi connectivity index (χ1n) is 6.98. The number of carboxylic acid groups (broad SMARTS) is 2. The summed E-state index contributed by atoms with van der Waals surface area (Å²) in [6, 6.07) is 6.27. The zero-order chi connectivity index (χ0) is 17.8. The second-order valence-electron chi connectivity index (χ2n) is 6.26. The Hall–Kier alpha value is -1.93. The van der Waals surface area contributed by atoms with E-state index in [2.05, 4.69) is 4.72 Å². The number of hydrogen-bond donors (Lipinski definition) is 3. The van der Waals surface area contributed by atoms with Crippen molar-refractivity contribution in [1.29, 1.82) is 0 Å². The maximum atomic E-state index is 12.2. The summed E-state index contributed by atoms with van der Waals surface area (Å²) in [6.45, 7) is 5.51. The zero-order valence-corrected chi connectivity index (χ0v) is 14.1. The normalized spacial score (nSPS) is 13.5. The van der Waals surface area contributed by atoms with Crippen LogP contribution in [-0.2, 0) is 25.0 Å². The lowest BCUT2D eigenvalue weighted by atomic mass is 9.87. The lowest BCUT2D eigenvalue weighted by molar-refractivity contribution is -0.147. The molecular weight excluding hydrogens is 322 g/mol. The van der Waals surface area contributed by atoms with Crippen LogP contribution in [0.15, 0.2) is 29.2 Å². The van der Waals surface area contributed by atoms with Crippen molar-refractivity contribution in [2.75, 3.05) is 6.54 Å². The van der Waals surface area contributed by atoms with Gasteiger partial charge in [-0.25, -0.2) is 13.1 Å². The third kappa shape index (κ3) is 5.65. The fourth-order valence-corrected chi connectivity index (χ4v) is 2.97. The summed E-state index contributed by atoms with van der Waals surface area (Å²) < 4.78 is 26.5. The van der Waals surface area contributed by atoms with Gasteiger partial charge in [0, 0.05) is 6.54 Å². The highest BCUT2D eigenvalue weighted by Gasteiger charge is 2.24. The van der Waals surface area contributed by atoms with Gasteiger partial charge in [0.1, 0.15) is 0 Å². The van der Waals surface area contributed by atoms with E-state index in [4.69, 9.17) is 10.2 Å². The Labute approximate surface area is 135 Å². The van der Waals surface area contributed by atoms with Gasteiger partial charge in [-0.15, -0.1) is 0 Å². The highest BCUT2D eigenvalue weighted by Crippen LogP contribution is 2.23. The largest absolute Gasteiger partial charge is 0.481 e. The van der Waals surface area contributed by atoms with Gasteiger partial charge in [0.15, 0.2) is 0 Å². The Morgan fingerprint density at radius 3 is 2.04 bits per heavy atom. The molecule has 0 spiro atoms. The molecule has 1 atom stereocenters. The first-order valence-corrected chi connectivity index (χ1v) is 8.46. The molecule has 7 nitrogen and oxygen atoms in total. The lowest BCUT2D eigenvalue weighted by Gasteiger charge is -2.19. The molecule has 0 aliphatic carbocycles. The number of sulfonamides is 1. The highest BCUT2D eigenvalue weighted by atomic mass is 32.2. The highest BCUT2D eigenvalue weighted by molar-refractivity contribution is 7.89. The van der Waals surface area contributed by atoms with Gasteiger partial charge in [-0.2, -0.15) is 0 Å². The van der Waals surface area contributed by atoms with E-state index in [-0.39, 0.29) is 10.3 Å². The van der Waals surface area contributed by atoms with Gasteiger partial charge in [0.2, 0.25) is 10.0 Å². The predicted molar refractivity (Wildman–Crippen MR) is 83.7 cm³/mol. The molecule has 0 saturated carbocycles. The summed E-state index contributed by atoms with van der Waals surface area (Å²) in [4.78, 5) is 21.5. The van der Waals surface area contributed by atoms with Gasteiger partial charge >= 0.3 is 11.9 Å². The van der Waals surface area contributed by atoms with Gasteiger partial charge in [0.25, 0.3) is 0 Å². The van der Waals surface area contributed by atoms with Gasteiger partial charge in [-0.3, -0.25) is 9.59 Å². The molecule has 1 aromatic carbocycles. The van der Waals surface area contributed by atoms with E-state index < -0.39 is 40.8 Å². The lowest BCUT2D eigenvalue weighted by Crippen LogP contribution is -2.34. The monoisotopic (exact) mass is 343 g/mol. The van der Waals surface area contributed by atoms with Crippen molar-refractivity contribution >= 4 is 22.0 Å². The second-order valence-corrected chi connectivity index (χ2v) is 8.03. The third-order valence-corrected chi connectivity index (χ3v) is 4.76. The molecule has 0 aliphatic rings. The summed E-state index contributed by atoms with van der Waals surface area (Å²) in [5.74, 6) is -3.99. The summed E-state index contributed by atoms with van der Waals surface area (Å²) in [6.07, 6.45) is -0.652. The van der Waals surface area contributed by atoms with E-state index in [1.165, 1.54) is 12.1 Å². The van der Waals surface area contributed by atoms with Crippen molar-refractivity contribution in [3.63, 3.8) is 0 Å². The number of carboxylic acids is 2. The summed E-state index contributed by atoms with van der Waals surface area (Å²) in [5.41, 5.74) is 0.844. The van der Waals surface area contributed by atoms with E-state index in [1.807, 2.05) is 20.8 Å². The van der Waals surface area contributed by atoms with E-state index in [1.54, 1.807) is 12.1 Å². The smallest absolute Gasteiger partial charge is 0.308 e. The van der Waals surface area contributed by atoms with Crippen LogP contribution in [0.5, 0.6) is 0 Å². The van der Waals surface area contributed by atoms with Crippen molar-refractivity contribution in [3.8, 4) is 0 Å². The fourth-order valence-electron chi connectivity index (χ4n) is 1.89. The average molecular weight is 343 g/mol. The molecule has 0 bridgehead atoms. The van der Waals surface area contributed by atoms with Gasteiger partial charge < -0.3 is 10.2 Å². The van der Waals surface area contributed by atoms with Crippen molar-refractivity contribution in [2.45, 2.75) is 37.5 Å². The molecule has 0 saturated heterocycles. The maximum absolute atomic E-state index is 12.2. The number of rotatable bonds is 7. The van der Waals surface area contributed by atoms with Crippen LogP contribution in [0.4, 0.5) is 0 Å². The van der Waals surface area contributed by atoms with Crippen LogP contribution in [-0.4, -0.2) is 37.1 Å². The number of hydrogen-bond acceptors (Lipinski definition) is 4. The molecule has 3 N–H and O–H groups in total. The summed E-state index contributed by atoms with van der Waals surface area (Å²) in [5, 5.41) is 17.6. The molecule has 0 aliphatic heterocycles. The number of benzene rings is 1. The molecule has 0 aromatic heterocycles. The Morgan fingerprint density at radius 1 is 1.13 bits per heavy atom. The van der Waals surface area contributed by atoms with Gasteiger partial charge in [0.05, 0.1) is 17.2 Å². The topological polar surface area (TPSA) is 121 Å². The minimum atomic E-state index is -3.89. The minimum absolute atomic E-state index is 0.00460. The quantitative estimate of drug-likeness (QED) is 0.689. The molecule has 0 radical (unpaired) electrons. The first-order chi connectivity index (χ1) is 10.4. The summed E-state index contributed by atoms with van der Waals surface area (Å²) in [7, 11) is -3.89. The predicted octanol–water partition coefficient (Wildman–Crippen LogP) is 1.44. The van der Waals surface area contributed by atoms with Crippen LogP contribution in [0.1, 0.15) is 32.8 Å². The van der Waals surface area contributed by atoms with Crippen LogP contribution in [0.25, 0.3) is 0 Å². The Morgan fingerprint density at radius 2 is 1.65 bits per heavy atom. The zero-order valence-electron chi connectivity index (χ0n) is 13.2. The van der Waals surface area contributed by atoms with Crippen molar-refractivity contribution < 1.29 is 28.2 Å². The number of carbonyl (C=O) groups is 2. The van der Waals surface area contributed by atoms with Crippen LogP contribution < -0.4 is 4.72 Å². The van der Waals surface area contributed by atoms with Crippen LogP contribution in [0, 0.1) is 5.92 Å². The van der Waals surface area contributed by atoms with E-state index >= 15 is 0 Å². The van der Waals surface area contributed by atoms with E-state index in [9.17, 15) is 18.0 Å². The Bertz CT molecular complexity index is 673. The summed E-state index contributed by atoms with van der Waals surface area (Å²) >= 11 is 0. The molecule has 0 heterocycles. The van der Waals surface area contributed by atoms with E-state index in [0.29, 0.717) is 0 Å². The molecule has 23 heavy (non-hydrogen) atoms. The minimum Gasteiger partial charge on any atom is -0.481 e. The first kappa shape index (κ1) is 19.1. The van der Waals surface area contributed by atoms with Crippen LogP contribution >= 0.6 is 0 Å². The average Bonchev–Trinajstić information content (AvgIpc) is 2.42. The van der Waals surface area contributed by atoms with Crippen molar-refractivity contribution in [3.05, 3.63) is 29.8 Å². The molecule has 0 amide bonds. The fraction of sp³-hybridized carbons (Fsp3) is 0.467. The van der Waals surface area contributed by atoms with E-state index in [0.717, 1.165) is 5.56 Å². The Balaban J connectivity index is 2.86. The number of aliphatic carboxylic acids is 2. The molecular formula is C15H21NO6S. The number of nitrogens with one attached hydrogen (secondary N) is 1. The molecule has 1 unspecified atom stereocenters. The molecule has 8 heteroatoms. The standard InChI is InChI=1S/C15H21NO6S/c1-15(2,3)11-4-6-12(7-5-11)23(21,22)16-9-10(14(19)20)8-13(17)18/h4-7,10,16H,8-9H2,1-3H3,(H,17,18)(H,19,20). The molecule has 0 fully saturated rings. The van der Waals surface area contributed by atoms with Gasteiger partial charge in [-0.05, 0) is 23.1 Å².